The van der Waals surface area contributed by atoms with Gasteiger partial charge in [-0.15, -0.1) is 13.2 Å². The van der Waals surface area contributed by atoms with E-state index in [9.17, 15) is 22.0 Å². The first-order valence-electron chi connectivity index (χ1n) is 4.03. The lowest BCUT2D eigenvalue weighted by molar-refractivity contribution is -0.276. The minimum absolute atomic E-state index is 0.0822. The van der Waals surface area contributed by atoms with Gasteiger partial charge in [0.1, 0.15) is 5.75 Å². The van der Waals surface area contributed by atoms with Gasteiger partial charge in [-0.3, -0.25) is 0 Å². The topological polar surface area (TPSA) is 31.4 Å². The molecular weight excluding hydrogens is 364 g/mol. The molecule has 0 N–H and O–H groups in total. The number of rotatable bonds is 3. The predicted molar refractivity (Wildman–Crippen MR) is 55.1 cm³/mol. The SMILES string of the molecule is COc1cc(I)c(OC(F)(F)F)nc1C(F)F. The lowest BCUT2D eigenvalue weighted by Gasteiger charge is -2.13. The Hall–Kier alpha value is -0.870. The maximum atomic E-state index is 12.5. The first-order valence-corrected chi connectivity index (χ1v) is 5.10. The number of hydrogen-bond acceptors (Lipinski definition) is 3. The molecule has 0 amide bonds. The summed E-state index contributed by atoms with van der Waals surface area (Å²) in [6, 6.07) is 0.996. The molecule has 0 unspecified atom stereocenters. The summed E-state index contributed by atoms with van der Waals surface area (Å²) in [5, 5.41) is 0. The number of ether oxygens (including phenoxy) is 2. The van der Waals surface area contributed by atoms with E-state index in [4.69, 9.17) is 0 Å². The van der Waals surface area contributed by atoms with E-state index in [0.29, 0.717) is 0 Å². The van der Waals surface area contributed by atoms with Crippen molar-refractivity contribution in [1.82, 2.24) is 4.98 Å². The molecule has 3 nitrogen and oxygen atoms in total. The summed E-state index contributed by atoms with van der Waals surface area (Å²) in [6.45, 7) is 0. The summed E-state index contributed by atoms with van der Waals surface area (Å²) in [6.07, 6.45) is -8.04. The van der Waals surface area contributed by atoms with Gasteiger partial charge in [0.05, 0.1) is 10.7 Å². The standard InChI is InChI=1S/C8H5F5INO2/c1-16-4-2-3(14)7(17-8(11,12)13)15-5(4)6(9)10/h2,6H,1H3. The van der Waals surface area contributed by atoms with Crippen molar-refractivity contribution in [2.75, 3.05) is 7.11 Å². The maximum Gasteiger partial charge on any atom is 0.574 e. The number of aromatic nitrogens is 1. The first-order chi connectivity index (χ1) is 7.74. The highest BCUT2D eigenvalue weighted by molar-refractivity contribution is 14.1. The van der Waals surface area contributed by atoms with Gasteiger partial charge < -0.3 is 9.47 Å². The van der Waals surface area contributed by atoms with Crippen LogP contribution in [0.3, 0.4) is 0 Å². The van der Waals surface area contributed by atoms with E-state index >= 15 is 0 Å². The minimum atomic E-state index is -4.99. The van der Waals surface area contributed by atoms with Gasteiger partial charge in [0.25, 0.3) is 6.43 Å². The van der Waals surface area contributed by atoms with E-state index in [1.807, 2.05) is 0 Å². The number of alkyl halides is 5. The molecule has 0 spiro atoms. The third kappa shape index (κ3) is 3.82. The van der Waals surface area contributed by atoms with Crippen LogP contribution in [-0.4, -0.2) is 18.5 Å². The summed E-state index contributed by atoms with van der Waals surface area (Å²) in [5.41, 5.74) is -0.896. The van der Waals surface area contributed by atoms with Gasteiger partial charge in [0, 0.05) is 6.07 Å². The minimum Gasteiger partial charge on any atom is -0.495 e. The molecule has 17 heavy (non-hydrogen) atoms. The largest absolute Gasteiger partial charge is 0.574 e. The van der Waals surface area contributed by atoms with Crippen molar-refractivity contribution >= 4 is 22.6 Å². The zero-order chi connectivity index (χ0) is 13.2. The molecule has 9 heteroatoms. The smallest absolute Gasteiger partial charge is 0.495 e. The predicted octanol–water partition coefficient (Wildman–Crippen LogP) is 3.53. The highest BCUT2D eigenvalue weighted by atomic mass is 127. The monoisotopic (exact) mass is 369 g/mol. The molecular formula is C8H5F5INO2. The Morgan fingerprint density at radius 1 is 1.35 bits per heavy atom. The van der Waals surface area contributed by atoms with Crippen molar-refractivity contribution in [2.45, 2.75) is 12.8 Å². The van der Waals surface area contributed by atoms with Crippen molar-refractivity contribution in [3.05, 3.63) is 15.3 Å². The van der Waals surface area contributed by atoms with Crippen LogP contribution in [0.2, 0.25) is 0 Å². The van der Waals surface area contributed by atoms with Crippen molar-refractivity contribution in [2.24, 2.45) is 0 Å². The number of nitrogens with zero attached hydrogens (tertiary/aromatic N) is 1. The Balaban J connectivity index is 3.20. The fraction of sp³-hybridized carbons (Fsp3) is 0.375. The van der Waals surface area contributed by atoms with Crippen LogP contribution in [0.1, 0.15) is 12.1 Å². The van der Waals surface area contributed by atoms with Gasteiger partial charge in [-0.1, -0.05) is 0 Å². The Labute approximate surface area is 106 Å². The maximum absolute atomic E-state index is 12.5. The van der Waals surface area contributed by atoms with E-state index in [1.165, 1.54) is 22.6 Å². The van der Waals surface area contributed by atoms with Crippen LogP contribution in [-0.2, 0) is 0 Å². The Morgan fingerprint density at radius 2 is 1.94 bits per heavy atom. The molecule has 0 aliphatic heterocycles. The summed E-state index contributed by atoms with van der Waals surface area (Å²) >= 11 is 1.48. The van der Waals surface area contributed by atoms with Crippen LogP contribution in [0, 0.1) is 3.57 Å². The fourth-order valence-corrected chi connectivity index (χ4v) is 1.48. The van der Waals surface area contributed by atoms with E-state index < -0.39 is 24.4 Å². The van der Waals surface area contributed by atoms with Gasteiger partial charge in [-0.2, -0.15) is 0 Å². The molecule has 1 aromatic rings. The second-order valence-electron chi connectivity index (χ2n) is 2.71. The molecule has 0 saturated carbocycles. The second-order valence-corrected chi connectivity index (χ2v) is 3.87. The molecule has 1 heterocycles. The van der Waals surface area contributed by atoms with E-state index in [-0.39, 0.29) is 9.32 Å². The van der Waals surface area contributed by atoms with Gasteiger partial charge in [0.15, 0.2) is 5.69 Å². The van der Waals surface area contributed by atoms with Crippen LogP contribution in [0.4, 0.5) is 22.0 Å². The average molecular weight is 369 g/mol. The number of hydrogen-bond donors (Lipinski definition) is 0. The zero-order valence-corrected chi connectivity index (χ0v) is 10.3. The highest BCUT2D eigenvalue weighted by Gasteiger charge is 2.33. The average Bonchev–Trinajstić information content (AvgIpc) is 2.18. The molecule has 0 aromatic carbocycles. The van der Waals surface area contributed by atoms with Gasteiger partial charge in [-0.05, 0) is 22.6 Å². The third-order valence-electron chi connectivity index (χ3n) is 1.58. The van der Waals surface area contributed by atoms with Crippen LogP contribution in [0.25, 0.3) is 0 Å². The van der Waals surface area contributed by atoms with Crippen LogP contribution in [0.5, 0.6) is 11.6 Å². The molecule has 0 atom stereocenters. The fourth-order valence-electron chi connectivity index (χ4n) is 0.970. The normalized spacial score (nSPS) is 11.8. The molecule has 1 aromatic heterocycles. The van der Waals surface area contributed by atoms with Crippen LogP contribution < -0.4 is 9.47 Å². The lowest BCUT2D eigenvalue weighted by atomic mass is 10.3. The van der Waals surface area contributed by atoms with Crippen molar-refractivity contribution in [3.8, 4) is 11.6 Å². The van der Waals surface area contributed by atoms with Crippen LogP contribution >= 0.6 is 22.6 Å². The number of methoxy groups -OCH3 is 1. The molecule has 0 aliphatic rings. The molecule has 0 bridgehead atoms. The van der Waals surface area contributed by atoms with E-state index in [0.717, 1.165) is 13.2 Å². The first kappa shape index (κ1) is 14.2. The van der Waals surface area contributed by atoms with E-state index in [2.05, 4.69) is 14.5 Å². The third-order valence-corrected chi connectivity index (χ3v) is 2.35. The second kappa shape index (κ2) is 5.19. The van der Waals surface area contributed by atoms with Crippen molar-refractivity contribution in [1.29, 1.82) is 0 Å². The lowest BCUT2D eigenvalue weighted by Crippen LogP contribution is -2.19. The molecule has 0 fully saturated rings. The molecule has 1 rings (SSSR count). The van der Waals surface area contributed by atoms with Gasteiger partial charge in [-0.25, -0.2) is 13.8 Å². The summed E-state index contributed by atoms with van der Waals surface area (Å²) in [5.74, 6) is -1.21. The quantitative estimate of drug-likeness (QED) is 0.604. The molecule has 0 saturated heterocycles. The summed E-state index contributed by atoms with van der Waals surface area (Å²) < 4.78 is 68.8. The molecule has 96 valence electrons. The highest BCUT2D eigenvalue weighted by Crippen LogP contribution is 2.34. The Morgan fingerprint density at radius 3 is 2.35 bits per heavy atom. The molecule has 0 radical (unpaired) electrons. The number of halogens is 6. The Bertz CT molecular complexity index is 410. The zero-order valence-electron chi connectivity index (χ0n) is 8.19. The van der Waals surface area contributed by atoms with Crippen molar-refractivity contribution < 1.29 is 31.4 Å². The summed E-state index contributed by atoms with van der Waals surface area (Å²) in [4.78, 5) is 3.10. The van der Waals surface area contributed by atoms with Crippen LogP contribution in [0.15, 0.2) is 6.07 Å². The van der Waals surface area contributed by atoms with Gasteiger partial charge in [0.2, 0.25) is 5.88 Å². The molecule has 0 aliphatic carbocycles. The van der Waals surface area contributed by atoms with Crippen molar-refractivity contribution in [3.63, 3.8) is 0 Å². The van der Waals surface area contributed by atoms with E-state index in [1.54, 1.807) is 0 Å². The summed E-state index contributed by atoms with van der Waals surface area (Å²) in [7, 11) is 1.11. The Kier molecular flexibility index (Phi) is 4.33. The number of pyridine rings is 1. The van der Waals surface area contributed by atoms with Gasteiger partial charge >= 0.3 is 6.36 Å².